The molecule has 0 radical (unpaired) electrons. The summed E-state index contributed by atoms with van der Waals surface area (Å²) in [6, 6.07) is 5.20. The molecule has 1 aromatic heterocycles. The van der Waals surface area contributed by atoms with Gasteiger partial charge >= 0.3 is 0 Å². The van der Waals surface area contributed by atoms with E-state index in [-0.39, 0.29) is 5.75 Å². The number of rotatable bonds is 3. The monoisotopic (exact) mass is 247 g/mol. The van der Waals surface area contributed by atoms with E-state index in [0.29, 0.717) is 5.69 Å². The van der Waals surface area contributed by atoms with Crippen LogP contribution in [0.15, 0.2) is 35.7 Å². The topological polar surface area (TPSA) is 72.0 Å². The van der Waals surface area contributed by atoms with Crippen LogP contribution in [0.2, 0.25) is 0 Å². The van der Waals surface area contributed by atoms with Crippen LogP contribution in [0.4, 0.5) is 5.69 Å². The SMILES string of the molecule is Cc1cnc(SCc2ccc(O)c(N)c2)nc1. The lowest BCUT2D eigenvalue weighted by atomic mass is 10.2. The molecule has 0 saturated heterocycles. The Bertz CT molecular complexity index is 514. The number of hydrogen-bond donors (Lipinski definition) is 2. The fourth-order valence-electron chi connectivity index (χ4n) is 1.30. The van der Waals surface area contributed by atoms with E-state index in [9.17, 15) is 5.11 Å². The van der Waals surface area contributed by atoms with Crippen molar-refractivity contribution in [3.05, 3.63) is 41.7 Å². The number of nitrogen functional groups attached to an aromatic ring is 1. The number of phenolic OH excluding ortho intramolecular Hbond substituents is 1. The number of thioether (sulfide) groups is 1. The molecule has 0 amide bonds. The number of phenols is 1. The lowest BCUT2D eigenvalue weighted by Gasteiger charge is -2.03. The molecule has 17 heavy (non-hydrogen) atoms. The molecule has 0 aliphatic rings. The first-order valence-corrected chi connectivity index (χ1v) is 6.12. The summed E-state index contributed by atoms with van der Waals surface area (Å²) in [4.78, 5) is 8.41. The Morgan fingerprint density at radius 2 is 2.00 bits per heavy atom. The second-order valence-electron chi connectivity index (χ2n) is 3.72. The molecule has 0 fully saturated rings. The highest BCUT2D eigenvalue weighted by molar-refractivity contribution is 7.98. The first-order valence-electron chi connectivity index (χ1n) is 5.14. The first kappa shape index (κ1) is 11.7. The van der Waals surface area contributed by atoms with E-state index in [4.69, 9.17) is 5.73 Å². The molecule has 0 unspecified atom stereocenters. The lowest BCUT2D eigenvalue weighted by molar-refractivity contribution is 0.478. The summed E-state index contributed by atoms with van der Waals surface area (Å²) in [5, 5.41) is 10.0. The molecule has 5 heteroatoms. The Morgan fingerprint density at radius 3 is 2.65 bits per heavy atom. The summed E-state index contributed by atoms with van der Waals surface area (Å²) in [5.41, 5.74) is 8.10. The minimum absolute atomic E-state index is 0.116. The zero-order valence-electron chi connectivity index (χ0n) is 9.42. The Kier molecular flexibility index (Phi) is 3.49. The minimum atomic E-state index is 0.116. The number of aromatic hydroxyl groups is 1. The van der Waals surface area contributed by atoms with Crippen molar-refractivity contribution in [2.75, 3.05) is 5.73 Å². The molecule has 3 N–H and O–H groups in total. The number of nitrogens with two attached hydrogens (primary N) is 1. The molecule has 1 heterocycles. The quantitative estimate of drug-likeness (QED) is 0.377. The maximum absolute atomic E-state index is 9.30. The summed E-state index contributed by atoms with van der Waals surface area (Å²) >= 11 is 1.54. The van der Waals surface area contributed by atoms with Crippen molar-refractivity contribution in [2.45, 2.75) is 17.8 Å². The van der Waals surface area contributed by atoms with E-state index in [0.717, 1.165) is 22.0 Å². The van der Waals surface area contributed by atoms with E-state index in [1.165, 1.54) is 11.8 Å². The highest BCUT2D eigenvalue weighted by atomic mass is 32.2. The molecule has 4 nitrogen and oxygen atoms in total. The second-order valence-corrected chi connectivity index (χ2v) is 4.67. The van der Waals surface area contributed by atoms with Crippen LogP contribution in [-0.4, -0.2) is 15.1 Å². The molecule has 0 spiro atoms. The average Bonchev–Trinajstić information content (AvgIpc) is 2.33. The Morgan fingerprint density at radius 1 is 1.29 bits per heavy atom. The fraction of sp³-hybridized carbons (Fsp3) is 0.167. The third-order valence-electron chi connectivity index (χ3n) is 2.22. The van der Waals surface area contributed by atoms with Gasteiger partial charge in [-0.05, 0) is 30.2 Å². The minimum Gasteiger partial charge on any atom is -0.506 e. The van der Waals surface area contributed by atoms with Crippen LogP contribution in [0.25, 0.3) is 0 Å². The van der Waals surface area contributed by atoms with Gasteiger partial charge in [-0.3, -0.25) is 0 Å². The predicted molar refractivity (Wildman–Crippen MR) is 68.8 cm³/mol. The number of anilines is 1. The van der Waals surface area contributed by atoms with E-state index in [1.807, 2.05) is 13.0 Å². The summed E-state index contributed by atoms with van der Waals surface area (Å²) < 4.78 is 0. The summed E-state index contributed by atoms with van der Waals surface area (Å²) in [7, 11) is 0. The predicted octanol–water partition coefficient (Wildman–Crippen LogP) is 2.37. The second kappa shape index (κ2) is 5.05. The van der Waals surface area contributed by atoms with Crippen LogP contribution >= 0.6 is 11.8 Å². The maximum atomic E-state index is 9.30. The summed E-state index contributed by atoms with van der Waals surface area (Å²) in [5.74, 6) is 0.846. The lowest BCUT2D eigenvalue weighted by Crippen LogP contribution is -1.90. The van der Waals surface area contributed by atoms with Crippen LogP contribution in [0, 0.1) is 6.92 Å². The summed E-state index contributed by atoms with van der Waals surface area (Å²) in [6.45, 7) is 1.95. The van der Waals surface area contributed by atoms with Crippen LogP contribution in [0.3, 0.4) is 0 Å². The van der Waals surface area contributed by atoms with Crippen molar-refractivity contribution in [3.8, 4) is 5.75 Å². The van der Waals surface area contributed by atoms with Gasteiger partial charge in [-0.1, -0.05) is 17.8 Å². The molecule has 0 saturated carbocycles. The third-order valence-corrected chi connectivity index (χ3v) is 3.16. The number of benzene rings is 1. The number of aryl methyl sites for hydroxylation is 1. The average molecular weight is 247 g/mol. The van der Waals surface area contributed by atoms with Gasteiger partial charge in [0.2, 0.25) is 0 Å². The molecule has 2 aromatic rings. The molecule has 1 aromatic carbocycles. The molecule has 2 rings (SSSR count). The molecule has 0 aliphatic carbocycles. The van der Waals surface area contributed by atoms with Gasteiger partial charge < -0.3 is 10.8 Å². The van der Waals surface area contributed by atoms with Crippen molar-refractivity contribution >= 4 is 17.4 Å². The van der Waals surface area contributed by atoms with Crippen molar-refractivity contribution in [3.63, 3.8) is 0 Å². The van der Waals surface area contributed by atoms with Crippen molar-refractivity contribution in [1.29, 1.82) is 0 Å². The van der Waals surface area contributed by atoms with Crippen LogP contribution in [0.5, 0.6) is 5.75 Å². The largest absolute Gasteiger partial charge is 0.506 e. The molecule has 0 aliphatic heterocycles. The normalized spacial score (nSPS) is 10.4. The van der Waals surface area contributed by atoms with E-state index >= 15 is 0 Å². The van der Waals surface area contributed by atoms with Gasteiger partial charge in [0.15, 0.2) is 5.16 Å². The van der Waals surface area contributed by atoms with E-state index in [1.54, 1.807) is 24.5 Å². The molecule has 88 valence electrons. The third kappa shape index (κ3) is 3.10. The number of nitrogens with zero attached hydrogens (tertiary/aromatic N) is 2. The highest BCUT2D eigenvalue weighted by Crippen LogP contribution is 2.24. The molecular weight excluding hydrogens is 234 g/mol. The first-order chi connectivity index (χ1) is 8.15. The number of aromatic nitrogens is 2. The molecule has 0 atom stereocenters. The van der Waals surface area contributed by atoms with Gasteiger partial charge in [-0.15, -0.1) is 0 Å². The fourth-order valence-corrected chi connectivity index (χ4v) is 2.03. The summed E-state index contributed by atoms with van der Waals surface area (Å²) in [6.07, 6.45) is 3.58. The van der Waals surface area contributed by atoms with Gasteiger partial charge in [0, 0.05) is 18.1 Å². The highest BCUT2D eigenvalue weighted by Gasteiger charge is 2.01. The smallest absolute Gasteiger partial charge is 0.187 e. The standard InChI is InChI=1S/C12H13N3OS/c1-8-5-14-12(15-6-8)17-7-9-2-3-11(16)10(13)4-9/h2-6,16H,7,13H2,1H3. The van der Waals surface area contributed by atoms with Gasteiger partial charge in [0.05, 0.1) is 5.69 Å². The number of hydrogen-bond acceptors (Lipinski definition) is 5. The zero-order valence-corrected chi connectivity index (χ0v) is 10.2. The Hall–Kier alpha value is -1.75. The van der Waals surface area contributed by atoms with Crippen LogP contribution in [0.1, 0.15) is 11.1 Å². The molecule has 0 bridgehead atoms. The van der Waals surface area contributed by atoms with Crippen molar-refractivity contribution in [1.82, 2.24) is 9.97 Å². The molecular formula is C12H13N3OS. The van der Waals surface area contributed by atoms with Crippen molar-refractivity contribution < 1.29 is 5.11 Å². The van der Waals surface area contributed by atoms with Gasteiger partial charge in [0.1, 0.15) is 5.75 Å². The van der Waals surface area contributed by atoms with Crippen LogP contribution < -0.4 is 5.73 Å². The maximum Gasteiger partial charge on any atom is 0.187 e. The Balaban J connectivity index is 2.02. The van der Waals surface area contributed by atoms with Gasteiger partial charge in [-0.2, -0.15) is 0 Å². The van der Waals surface area contributed by atoms with E-state index < -0.39 is 0 Å². The van der Waals surface area contributed by atoms with E-state index in [2.05, 4.69) is 9.97 Å². The zero-order chi connectivity index (χ0) is 12.3. The van der Waals surface area contributed by atoms with Gasteiger partial charge in [0.25, 0.3) is 0 Å². The Labute approximate surface area is 104 Å². The van der Waals surface area contributed by atoms with Gasteiger partial charge in [-0.25, -0.2) is 9.97 Å². The van der Waals surface area contributed by atoms with Crippen molar-refractivity contribution in [2.24, 2.45) is 0 Å². The van der Waals surface area contributed by atoms with Crippen LogP contribution in [-0.2, 0) is 5.75 Å².